The lowest BCUT2D eigenvalue weighted by atomic mass is 10.4. The minimum Gasteiger partial charge on any atom is -0.756 e. The Hall–Kier alpha value is 0.220. The van der Waals surface area contributed by atoms with Crippen molar-refractivity contribution >= 4 is 15.6 Å². The summed E-state index contributed by atoms with van der Waals surface area (Å²) in [5, 5.41) is 0. The largest absolute Gasteiger partial charge is 0.756 e. The maximum atomic E-state index is 12.3. The Labute approximate surface area is 133 Å². The van der Waals surface area contributed by atoms with E-state index in [1.54, 1.807) is 0 Å². The van der Waals surface area contributed by atoms with Crippen LogP contribution in [0.1, 0.15) is 59.3 Å². The molecule has 1 atom stereocenters. The lowest BCUT2D eigenvalue weighted by molar-refractivity contribution is -0.218. The summed E-state index contributed by atoms with van der Waals surface area (Å²) in [6.07, 6.45) is 4.23. The second-order valence-electron chi connectivity index (χ2n) is 4.54. The zero-order valence-corrected chi connectivity index (χ0v) is 15.9. The highest BCUT2D eigenvalue weighted by Crippen LogP contribution is 2.61. The number of hydrogen-bond donors (Lipinski definition) is 1. The molecule has 1 unspecified atom stereocenters. The number of phosphoric acid groups is 2. The van der Waals surface area contributed by atoms with E-state index in [1.165, 1.54) is 0 Å². The topological polar surface area (TPSA) is 131 Å². The Kier molecular flexibility index (Phi) is 15.2. The van der Waals surface area contributed by atoms with E-state index in [-0.39, 0.29) is 26.0 Å². The molecular formula is C12H31NO7P2. The van der Waals surface area contributed by atoms with Gasteiger partial charge in [-0.15, -0.1) is 0 Å². The molecule has 0 saturated carbocycles. The Morgan fingerprint density at radius 1 is 0.773 bits per heavy atom. The molecule has 0 heterocycles. The Bertz CT molecular complexity index is 340. The maximum absolute atomic E-state index is 12.3. The summed E-state index contributed by atoms with van der Waals surface area (Å²) in [6.45, 7) is 5.95. The first-order valence-electron chi connectivity index (χ1n) is 7.45. The molecule has 0 bridgehead atoms. The van der Waals surface area contributed by atoms with E-state index < -0.39 is 15.6 Å². The monoisotopic (exact) mass is 363 g/mol. The molecule has 136 valence electrons. The van der Waals surface area contributed by atoms with Crippen molar-refractivity contribution in [1.82, 2.24) is 6.15 Å². The summed E-state index contributed by atoms with van der Waals surface area (Å²) in [7, 11) is -8.85. The summed E-state index contributed by atoms with van der Waals surface area (Å²) in [5.41, 5.74) is 0. The average molecular weight is 363 g/mol. The van der Waals surface area contributed by atoms with Gasteiger partial charge in [-0.1, -0.05) is 40.0 Å². The minimum absolute atomic E-state index is 0. The Balaban J connectivity index is 0. The van der Waals surface area contributed by atoms with Gasteiger partial charge in [0.2, 0.25) is 0 Å². The third-order valence-corrected chi connectivity index (χ3v) is 5.54. The molecule has 0 aromatic heterocycles. The van der Waals surface area contributed by atoms with Crippen LogP contribution in [0.3, 0.4) is 0 Å². The molecule has 8 nitrogen and oxygen atoms in total. The lowest BCUT2D eigenvalue weighted by Crippen LogP contribution is -2.11. The van der Waals surface area contributed by atoms with Crippen LogP contribution in [0.2, 0.25) is 0 Å². The van der Waals surface area contributed by atoms with Gasteiger partial charge in [-0.05, 0) is 19.3 Å². The van der Waals surface area contributed by atoms with Crippen molar-refractivity contribution in [2.75, 3.05) is 19.8 Å². The summed E-state index contributed by atoms with van der Waals surface area (Å²) >= 11 is 0. The smallest absolute Gasteiger partial charge is 0.481 e. The van der Waals surface area contributed by atoms with Crippen LogP contribution in [-0.4, -0.2) is 19.8 Å². The van der Waals surface area contributed by atoms with Crippen molar-refractivity contribution in [1.29, 1.82) is 0 Å². The zero-order chi connectivity index (χ0) is 16.2. The molecule has 4 N–H and O–H groups in total. The predicted molar refractivity (Wildman–Crippen MR) is 84.9 cm³/mol. The van der Waals surface area contributed by atoms with Gasteiger partial charge in [0.1, 0.15) is 0 Å². The molecule has 22 heavy (non-hydrogen) atoms. The van der Waals surface area contributed by atoms with Crippen LogP contribution in [0.5, 0.6) is 0 Å². The van der Waals surface area contributed by atoms with Crippen molar-refractivity contribution in [2.24, 2.45) is 0 Å². The van der Waals surface area contributed by atoms with Gasteiger partial charge >= 0.3 is 7.82 Å². The Morgan fingerprint density at radius 3 is 1.50 bits per heavy atom. The molecule has 0 aromatic rings. The van der Waals surface area contributed by atoms with Crippen molar-refractivity contribution in [3.8, 4) is 0 Å². The van der Waals surface area contributed by atoms with Crippen molar-refractivity contribution in [2.45, 2.75) is 59.3 Å². The summed E-state index contributed by atoms with van der Waals surface area (Å²) in [6, 6.07) is 0. The van der Waals surface area contributed by atoms with Gasteiger partial charge in [0.05, 0.1) is 19.8 Å². The van der Waals surface area contributed by atoms with Crippen LogP contribution in [0.4, 0.5) is 0 Å². The van der Waals surface area contributed by atoms with Crippen molar-refractivity contribution in [3.05, 3.63) is 0 Å². The Morgan fingerprint density at radius 2 is 1.14 bits per heavy atom. The fourth-order valence-electron chi connectivity index (χ4n) is 1.19. The average Bonchev–Trinajstić information content (AvgIpc) is 2.39. The van der Waals surface area contributed by atoms with E-state index in [4.69, 9.17) is 9.05 Å². The van der Waals surface area contributed by atoms with Crippen LogP contribution in [0, 0.1) is 0 Å². The molecule has 0 fully saturated rings. The number of phosphoric ester groups is 2. The quantitative estimate of drug-likeness (QED) is 0.357. The highest BCUT2D eigenvalue weighted by atomic mass is 31.3. The molecule has 0 saturated heterocycles. The van der Waals surface area contributed by atoms with Gasteiger partial charge in [-0.2, -0.15) is 0 Å². The molecule has 0 spiro atoms. The van der Waals surface area contributed by atoms with Crippen molar-refractivity contribution in [3.63, 3.8) is 0 Å². The molecule has 0 amide bonds. The maximum Gasteiger partial charge on any atom is 0.481 e. The van der Waals surface area contributed by atoms with Gasteiger partial charge in [0.25, 0.3) is 7.82 Å². The number of hydrogen-bond acceptors (Lipinski definition) is 7. The highest BCUT2D eigenvalue weighted by molar-refractivity contribution is 7.61. The van der Waals surface area contributed by atoms with Crippen LogP contribution in [0.15, 0.2) is 0 Å². The molecule has 0 aliphatic carbocycles. The van der Waals surface area contributed by atoms with E-state index in [0.717, 1.165) is 19.3 Å². The zero-order valence-electron chi connectivity index (χ0n) is 14.1. The first-order chi connectivity index (χ1) is 9.89. The summed E-state index contributed by atoms with van der Waals surface area (Å²) in [4.78, 5) is 11.6. The molecule has 0 aromatic carbocycles. The normalized spacial score (nSPS) is 14.4. The lowest BCUT2D eigenvalue weighted by Gasteiger charge is -2.26. The van der Waals surface area contributed by atoms with Gasteiger partial charge in [0, 0.05) is 0 Å². The van der Waals surface area contributed by atoms with Crippen LogP contribution < -0.4 is 11.0 Å². The van der Waals surface area contributed by atoms with Gasteiger partial charge in [-0.25, -0.2) is 8.88 Å². The third kappa shape index (κ3) is 12.7. The SMILES string of the molecule is CCCCOP(=O)([O-])OP(=O)(OCCCC)OCCCC.[NH4+]. The van der Waals surface area contributed by atoms with E-state index in [0.29, 0.717) is 19.3 Å². The van der Waals surface area contributed by atoms with Crippen LogP contribution >= 0.6 is 15.6 Å². The molecule has 0 radical (unpaired) electrons. The second kappa shape index (κ2) is 13.6. The van der Waals surface area contributed by atoms with Crippen LogP contribution in [0.25, 0.3) is 0 Å². The van der Waals surface area contributed by atoms with Gasteiger partial charge in [0.15, 0.2) is 0 Å². The summed E-state index contributed by atoms with van der Waals surface area (Å²) in [5.74, 6) is 0. The highest BCUT2D eigenvalue weighted by Gasteiger charge is 2.32. The van der Waals surface area contributed by atoms with E-state index in [9.17, 15) is 14.0 Å². The minimum atomic E-state index is -4.70. The third-order valence-electron chi connectivity index (χ3n) is 2.44. The standard InChI is InChI=1S/C12H28O7P2.H3N/c1-4-7-10-16-20(13,14)19-21(15,17-11-8-5-2)18-12-9-6-3;/h4-12H2,1-3H3,(H,13,14);1H3. The summed E-state index contributed by atoms with van der Waals surface area (Å²) < 4.78 is 43.1. The fourth-order valence-corrected chi connectivity index (χ4v) is 3.87. The van der Waals surface area contributed by atoms with Crippen LogP contribution in [-0.2, 0) is 27.0 Å². The van der Waals surface area contributed by atoms with E-state index in [2.05, 4.69) is 8.83 Å². The number of quaternary nitrogens is 1. The van der Waals surface area contributed by atoms with Crippen molar-refractivity contribution < 1.29 is 31.9 Å². The predicted octanol–water partition coefficient (Wildman–Crippen LogP) is 4.41. The van der Waals surface area contributed by atoms with Gasteiger partial charge in [-0.3, -0.25) is 13.6 Å². The first kappa shape index (κ1) is 24.5. The van der Waals surface area contributed by atoms with E-state index >= 15 is 0 Å². The fraction of sp³-hybridized carbons (Fsp3) is 1.00. The van der Waals surface area contributed by atoms with E-state index in [1.807, 2.05) is 20.8 Å². The molecule has 10 heteroatoms. The first-order valence-corrected chi connectivity index (χ1v) is 10.4. The molecule has 0 rings (SSSR count). The number of rotatable bonds is 14. The molecule has 0 aliphatic rings. The number of unbranched alkanes of at least 4 members (excludes halogenated alkanes) is 3. The second-order valence-corrected chi connectivity index (χ2v) is 7.75. The molecular weight excluding hydrogens is 332 g/mol. The molecule has 0 aliphatic heterocycles. The van der Waals surface area contributed by atoms with Gasteiger partial charge < -0.3 is 15.6 Å².